The molecule has 4 rings (SSSR count). The quantitative estimate of drug-likeness (QED) is 0.452. The number of anilines is 1. The molecule has 0 aliphatic carbocycles. The van der Waals surface area contributed by atoms with Crippen molar-refractivity contribution < 1.29 is 14.2 Å². The lowest BCUT2D eigenvalue weighted by Gasteiger charge is -2.40. The first-order valence-electron chi connectivity index (χ1n) is 12.8. The third-order valence-corrected chi connectivity index (χ3v) is 7.88. The van der Waals surface area contributed by atoms with Gasteiger partial charge in [0.15, 0.2) is 0 Å². The molecule has 2 heterocycles. The zero-order valence-electron chi connectivity index (χ0n) is 21.7. The molecule has 0 spiro atoms. The van der Waals surface area contributed by atoms with Crippen LogP contribution < -0.4 is 14.4 Å². The number of hydrogen-bond donors (Lipinski definition) is 0. The average Bonchev–Trinajstić information content (AvgIpc) is 2.89. The average molecular weight is 502 g/mol. The Kier molecular flexibility index (Phi) is 9.17. The summed E-state index contributed by atoms with van der Waals surface area (Å²) in [6.07, 6.45) is 1.04. The van der Waals surface area contributed by atoms with E-state index in [2.05, 4.69) is 53.7 Å². The van der Waals surface area contributed by atoms with Gasteiger partial charge in [-0.25, -0.2) is 0 Å². The van der Waals surface area contributed by atoms with E-state index in [0.717, 1.165) is 83.6 Å². The summed E-state index contributed by atoms with van der Waals surface area (Å²) in [5, 5.41) is 0.652. The fraction of sp³-hybridized carbons (Fsp3) is 0.571. The highest BCUT2D eigenvalue weighted by Crippen LogP contribution is 2.33. The number of rotatable bonds is 9. The normalized spacial score (nSPS) is 18.5. The Hall–Kier alpha value is -1.99. The lowest BCUT2D eigenvalue weighted by Crippen LogP contribution is -2.47. The Bertz CT molecular complexity index is 972. The van der Waals surface area contributed by atoms with Crippen LogP contribution in [0.3, 0.4) is 0 Å². The summed E-state index contributed by atoms with van der Waals surface area (Å²) in [6.45, 7) is 16.4. The Morgan fingerprint density at radius 2 is 1.69 bits per heavy atom. The van der Waals surface area contributed by atoms with Crippen molar-refractivity contribution in [3.8, 4) is 11.5 Å². The maximum absolute atomic E-state index is 6.21. The second-order valence-electron chi connectivity index (χ2n) is 9.58. The van der Waals surface area contributed by atoms with Crippen molar-refractivity contribution in [1.29, 1.82) is 0 Å². The molecule has 1 unspecified atom stereocenters. The third kappa shape index (κ3) is 6.42. The first kappa shape index (κ1) is 26.1. The number of ether oxygens (including phenoxy) is 3. The molecule has 2 fully saturated rings. The van der Waals surface area contributed by atoms with Gasteiger partial charge < -0.3 is 19.1 Å². The molecular weight excluding hydrogens is 462 g/mol. The molecule has 2 aliphatic heterocycles. The number of benzene rings is 2. The number of methoxy groups -OCH3 is 1. The van der Waals surface area contributed by atoms with Crippen LogP contribution in [0.4, 0.5) is 5.69 Å². The van der Waals surface area contributed by atoms with Crippen LogP contribution in [-0.2, 0) is 4.74 Å². The van der Waals surface area contributed by atoms with Gasteiger partial charge in [0.2, 0.25) is 0 Å². The smallest absolute Gasteiger partial charge is 0.139 e. The van der Waals surface area contributed by atoms with Crippen LogP contribution in [0.5, 0.6) is 11.5 Å². The molecule has 2 aromatic rings. The topological polar surface area (TPSA) is 37.4 Å². The minimum atomic E-state index is 0.367. The minimum absolute atomic E-state index is 0.367. The summed E-state index contributed by atoms with van der Waals surface area (Å²) in [7, 11) is 1.66. The molecule has 0 radical (unpaired) electrons. The van der Waals surface area contributed by atoms with Crippen molar-refractivity contribution in [2.24, 2.45) is 0 Å². The van der Waals surface area contributed by atoms with Crippen LogP contribution in [-0.4, -0.2) is 82.5 Å². The van der Waals surface area contributed by atoms with Gasteiger partial charge >= 0.3 is 0 Å². The molecule has 2 saturated heterocycles. The maximum atomic E-state index is 6.21. The van der Waals surface area contributed by atoms with Crippen LogP contribution in [0.1, 0.15) is 36.1 Å². The Morgan fingerprint density at radius 3 is 2.40 bits per heavy atom. The zero-order chi connectivity index (χ0) is 24.8. The monoisotopic (exact) mass is 501 g/mol. The van der Waals surface area contributed by atoms with E-state index in [0.29, 0.717) is 11.1 Å². The van der Waals surface area contributed by atoms with Crippen molar-refractivity contribution in [3.63, 3.8) is 0 Å². The van der Waals surface area contributed by atoms with E-state index in [1.54, 1.807) is 7.11 Å². The van der Waals surface area contributed by atoms with Crippen molar-refractivity contribution in [2.75, 3.05) is 77.6 Å². The number of nitrogens with zero attached hydrogens (tertiary/aromatic N) is 3. The van der Waals surface area contributed by atoms with Gasteiger partial charge in [-0.05, 0) is 62.1 Å². The highest BCUT2D eigenvalue weighted by atomic mass is 35.5. The SMILES string of the molecule is COc1cc(N2CCN(C(C)c3ccc(OCCCN4CCOCC4)c(C)c3C)CC2)ccc1Cl. The molecule has 1 atom stereocenters. The van der Waals surface area contributed by atoms with Crippen molar-refractivity contribution in [3.05, 3.63) is 52.0 Å². The molecule has 6 nitrogen and oxygen atoms in total. The van der Waals surface area contributed by atoms with Crippen molar-refractivity contribution in [1.82, 2.24) is 9.80 Å². The summed E-state index contributed by atoms with van der Waals surface area (Å²) < 4.78 is 17.0. The standard InChI is InChI=1S/C28H40ClN3O3/c1-21-22(2)27(35-17-5-10-30-15-18-34-19-16-30)9-7-25(21)23(3)31-11-13-32(14-12-31)24-6-8-26(29)28(20-24)33-4/h6-9,20,23H,5,10-19H2,1-4H3. The van der Waals surface area contributed by atoms with Crippen LogP contribution >= 0.6 is 11.6 Å². The highest BCUT2D eigenvalue weighted by molar-refractivity contribution is 6.32. The summed E-state index contributed by atoms with van der Waals surface area (Å²) in [5.41, 5.74) is 5.16. The van der Waals surface area contributed by atoms with E-state index >= 15 is 0 Å². The summed E-state index contributed by atoms with van der Waals surface area (Å²) >= 11 is 6.21. The maximum Gasteiger partial charge on any atom is 0.139 e. The number of piperazine rings is 1. The van der Waals surface area contributed by atoms with E-state index in [4.69, 9.17) is 25.8 Å². The Morgan fingerprint density at radius 1 is 0.943 bits per heavy atom. The van der Waals surface area contributed by atoms with Gasteiger partial charge in [0.05, 0.1) is 32.0 Å². The molecule has 7 heteroatoms. The lowest BCUT2D eigenvalue weighted by molar-refractivity contribution is 0.0358. The summed E-state index contributed by atoms with van der Waals surface area (Å²) in [6, 6.07) is 10.8. The molecule has 2 aliphatic rings. The third-order valence-electron chi connectivity index (χ3n) is 7.57. The lowest BCUT2D eigenvalue weighted by atomic mass is 9.96. The summed E-state index contributed by atoms with van der Waals surface area (Å²) in [4.78, 5) is 7.45. The van der Waals surface area contributed by atoms with Gasteiger partial charge in [0.25, 0.3) is 0 Å². The molecule has 0 bridgehead atoms. The van der Waals surface area contributed by atoms with Crippen molar-refractivity contribution in [2.45, 2.75) is 33.2 Å². The molecule has 0 saturated carbocycles. The molecular formula is C28H40ClN3O3. The summed E-state index contributed by atoms with van der Waals surface area (Å²) in [5.74, 6) is 1.75. The van der Waals surface area contributed by atoms with Crippen LogP contribution in [0.15, 0.2) is 30.3 Å². The molecule has 0 amide bonds. The van der Waals surface area contributed by atoms with Gasteiger partial charge in [0, 0.05) is 63.6 Å². The molecule has 35 heavy (non-hydrogen) atoms. The van der Waals surface area contributed by atoms with Gasteiger partial charge in [-0.3, -0.25) is 9.80 Å². The Labute approximate surface area is 215 Å². The van der Waals surface area contributed by atoms with Gasteiger partial charge in [-0.2, -0.15) is 0 Å². The number of hydrogen-bond acceptors (Lipinski definition) is 6. The number of halogens is 1. The van der Waals surface area contributed by atoms with Crippen LogP contribution in [0.25, 0.3) is 0 Å². The Balaban J connectivity index is 1.30. The highest BCUT2D eigenvalue weighted by Gasteiger charge is 2.24. The first-order valence-corrected chi connectivity index (χ1v) is 13.2. The van der Waals surface area contributed by atoms with E-state index < -0.39 is 0 Å². The minimum Gasteiger partial charge on any atom is -0.495 e. The largest absolute Gasteiger partial charge is 0.495 e. The molecule has 2 aromatic carbocycles. The van der Waals surface area contributed by atoms with Crippen molar-refractivity contribution >= 4 is 17.3 Å². The predicted octanol–water partition coefficient (Wildman–Crippen LogP) is 4.95. The van der Waals surface area contributed by atoms with E-state index in [-0.39, 0.29) is 0 Å². The van der Waals surface area contributed by atoms with E-state index in [1.807, 2.05) is 12.1 Å². The van der Waals surface area contributed by atoms with Gasteiger partial charge in [-0.1, -0.05) is 17.7 Å². The molecule has 192 valence electrons. The van der Waals surface area contributed by atoms with Crippen LogP contribution in [0.2, 0.25) is 5.02 Å². The first-order chi connectivity index (χ1) is 17.0. The van der Waals surface area contributed by atoms with E-state index in [9.17, 15) is 0 Å². The second-order valence-corrected chi connectivity index (χ2v) is 9.98. The van der Waals surface area contributed by atoms with E-state index in [1.165, 1.54) is 22.4 Å². The molecule has 0 aromatic heterocycles. The zero-order valence-corrected chi connectivity index (χ0v) is 22.4. The number of morpholine rings is 1. The van der Waals surface area contributed by atoms with Crippen LogP contribution in [0, 0.1) is 13.8 Å². The van der Waals surface area contributed by atoms with Gasteiger partial charge in [0.1, 0.15) is 11.5 Å². The molecule has 0 N–H and O–H groups in total. The fourth-order valence-corrected chi connectivity index (χ4v) is 5.32. The fourth-order valence-electron chi connectivity index (χ4n) is 5.13. The van der Waals surface area contributed by atoms with Gasteiger partial charge in [-0.15, -0.1) is 0 Å². The predicted molar refractivity (Wildman–Crippen MR) is 143 cm³/mol. The second kappa shape index (κ2) is 12.3.